The van der Waals surface area contributed by atoms with Gasteiger partial charge in [0.05, 0.1) is 0 Å². The first-order chi connectivity index (χ1) is 9.13. The van der Waals surface area contributed by atoms with Crippen molar-refractivity contribution in [3.05, 3.63) is 23.2 Å². The van der Waals surface area contributed by atoms with Gasteiger partial charge in [0.25, 0.3) is 0 Å². The molecule has 0 radical (unpaired) electrons. The Bertz CT molecular complexity index is 436. The summed E-state index contributed by atoms with van der Waals surface area (Å²) in [6.07, 6.45) is 5.41. The molecule has 1 saturated heterocycles. The van der Waals surface area contributed by atoms with Gasteiger partial charge >= 0.3 is 0 Å². The van der Waals surface area contributed by atoms with Crippen molar-refractivity contribution >= 4 is 0 Å². The average molecular weight is 262 g/mol. The van der Waals surface area contributed by atoms with Gasteiger partial charge in [0.1, 0.15) is 11.5 Å². The number of aryl methyl sites for hydroxylation is 2. The third-order valence-corrected chi connectivity index (χ3v) is 4.58. The lowest BCUT2D eigenvalue weighted by atomic mass is 10.0. The third kappa shape index (κ3) is 3.03. The van der Waals surface area contributed by atoms with Crippen molar-refractivity contribution in [3.63, 3.8) is 0 Å². The summed E-state index contributed by atoms with van der Waals surface area (Å²) in [5.74, 6) is 2.12. The molecule has 0 spiro atoms. The fraction of sp³-hybridized carbons (Fsp3) is 0.750. The monoisotopic (exact) mass is 262 g/mol. The van der Waals surface area contributed by atoms with Gasteiger partial charge in [-0.15, -0.1) is 0 Å². The van der Waals surface area contributed by atoms with E-state index in [2.05, 4.69) is 30.1 Å². The Morgan fingerprint density at radius 1 is 1.26 bits per heavy atom. The van der Waals surface area contributed by atoms with Gasteiger partial charge in [-0.25, -0.2) is 0 Å². The van der Waals surface area contributed by atoms with Crippen molar-refractivity contribution < 1.29 is 4.42 Å². The average Bonchev–Trinajstić information content (AvgIpc) is 3.13. The smallest absolute Gasteiger partial charge is 0.105 e. The van der Waals surface area contributed by atoms with E-state index in [1.165, 1.54) is 44.3 Å². The lowest BCUT2D eigenvalue weighted by molar-refractivity contribution is 0.144. The SMILES string of the molecule is Cc1cc(C(C)N2CCCC(NC3CC3)C2)c(C)o1. The number of rotatable bonds is 4. The minimum absolute atomic E-state index is 0.473. The Balaban J connectivity index is 1.65. The second-order valence-corrected chi connectivity index (χ2v) is 6.32. The van der Waals surface area contributed by atoms with E-state index in [1.807, 2.05) is 6.92 Å². The standard InChI is InChI=1S/C16H26N2O/c1-11-9-16(13(3)19-11)12(2)18-8-4-5-15(10-18)17-14-6-7-14/h9,12,14-15,17H,4-8,10H2,1-3H3. The molecular weight excluding hydrogens is 236 g/mol. The predicted octanol–water partition coefficient (Wildman–Crippen LogP) is 3.17. The maximum Gasteiger partial charge on any atom is 0.105 e. The quantitative estimate of drug-likeness (QED) is 0.903. The van der Waals surface area contributed by atoms with Crippen LogP contribution in [-0.4, -0.2) is 30.1 Å². The number of nitrogens with one attached hydrogen (secondary N) is 1. The molecule has 1 aliphatic carbocycles. The van der Waals surface area contributed by atoms with Crippen molar-refractivity contribution in [2.45, 2.75) is 64.6 Å². The summed E-state index contributed by atoms with van der Waals surface area (Å²) in [6, 6.07) is 4.19. The van der Waals surface area contributed by atoms with Crippen LogP contribution >= 0.6 is 0 Å². The van der Waals surface area contributed by atoms with Crippen LogP contribution in [0.3, 0.4) is 0 Å². The summed E-state index contributed by atoms with van der Waals surface area (Å²) in [6.45, 7) is 8.84. The van der Waals surface area contributed by atoms with Crippen molar-refractivity contribution in [2.24, 2.45) is 0 Å². The number of nitrogens with zero attached hydrogens (tertiary/aromatic N) is 1. The molecule has 19 heavy (non-hydrogen) atoms. The Morgan fingerprint density at radius 3 is 2.68 bits per heavy atom. The molecule has 2 unspecified atom stereocenters. The maximum absolute atomic E-state index is 5.69. The zero-order chi connectivity index (χ0) is 13.4. The van der Waals surface area contributed by atoms with Crippen LogP contribution in [0.15, 0.2) is 10.5 Å². The maximum atomic E-state index is 5.69. The molecule has 2 fully saturated rings. The number of hydrogen-bond donors (Lipinski definition) is 1. The molecule has 106 valence electrons. The molecule has 2 aliphatic rings. The highest BCUT2D eigenvalue weighted by atomic mass is 16.3. The molecule has 0 amide bonds. The van der Waals surface area contributed by atoms with Crippen LogP contribution in [0.2, 0.25) is 0 Å². The second kappa shape index (κ2) is 5.29. The van der Waals surface area contributed by atoms with E-state index in [-0.39, 0.29) is 0 Å². The van der Waals surface area contributed by atoms with Crippen molar-refractivity contribution in [1.82, 2.24) is 10.2 Å². The Morgan fingerprint density at radius 2 is 2.05 bits per heavy atom. The molecule has 1 aromatic rings. The molecule has 1 aromatic heterocycles. The van der Waals surface area contributed by atoms with Gasteiger partial charge in [0, 0.05) is 30.2 Å². The van der Waals surface area contributed by atoms with Gasteiger partial charge in [0.2, 0.25) is 0 Å². The second-order valence-electron chi connectivity index (χ2n) is 6.32. The zero-order valence-electron chi connectivity index (χ0n) is 12.4. The molecule has 3 rings (SSSR count). The number of hydrogen-bond acceptors (Lipinski definition) is 3. The summed E-state index contributed by atoms with van der Waals surface area (Å²) in [7, 11) is 0. The van der Waals surface area contributed by atoms with Crippen LogP contribution < -0.4 is 5.32 Å². The molecule has 3 heteroatoms. The Hall–Kier alpha value is -0.800. The van der Waals surface area contributed by atoms with Crippen LogP contribution in [0.4, 0.5) is 0 Å². The minimum Gasteiger partial charge on any atom is -0.466 e. The molecule has 1 saturated carbocycles. The van der Waals surface area contributed by atoms with Crippen LogP contribution in [-0.2, 0) is 0 Å². The molecule has 2 heterocycles. The lowest BCUT2D eigenvalue weighted by Crippen LogP contribution is -2.47. The zero-order valence-corrected chi connectivity index (χ0v) is 12.4. The fourth-order valence-electron chi connectivity index (χ4n) is 3.34. The highest BCUT2D eigenvalue weighted by Gasteiger charge is 2.30. The summed E-state index contributed by atoms with van der Waals surface area (Å²) < 4.78 is 5.69. The van der Waals surface area contributed by atoms with E-state index in [0.29, 0.717) is 12.1 Å². The van der Waals surface area contributed by atoms with Crippen LogP contribution in [0, 0.1) is 13.8 Å². The predicted molar refractivity (Wildman–Crippen MR) is 77.3 cm³/mol. The third-order valence-electron chi connectivity index (χ3n) is 4.58. The first kappa shape index (κ1) is 13.2. The number of likely N-dealkylation sites (tertiary alicyclic amines) is 1. The number of furan rings is 1. The van der Waals surface area contributed by atoms with Gasteiger partial charge in [0.15, 0.2) is 0 Å². The van der Waals surface area contributed by atoms with E-state index < -0.39 is 0 Å². The van der Waals surface area contributed by atoms with E-state index >= 15 is 0 Å². The summed E-state index contributed by atoms with van der Waals surface area (Å²) in [5.41, 5.74) is 1.37. The molecule has 2 atom stereocenters. The van der Waals surface area contributed by atoms with Gasteiger partial charge in [-0.2, -0.15) is 0 Å². The fourth-order valence-corrected chi connectivity index (χ4v) is 3.34. The highest BCUT2D eigenvalue weighted by Crippen LogP contribution is 2.29. The molecule has 1 aliphatic heterocycles. The summed E-state index contributed by atoms with van der Waals surface area (Å²) in [4.78, 5) is 2.61. The van der Waals surface area contributed by atoms with Gasteiger partial charge in [-0.3, -0.25) is 4.90 Å². The molecule has 3 nitrogen and oxygen atoms in total. The largest absolute Gasteiger partial charge is 0.466 e. The Labute approximate surface area is 116 Å². The minimum atomic E-state index is 0.473. The number of piperidine rings is 1. The molecule has 0 bridgehead atoms. The first-order valence-corrected chi connectivity index (χ1v) is 7.70. The van der Waals surface area contributed by atoms with Crippen molar-refractivity contribution in [2.75, 3.05) is 13.1 Å². The van der Waals surface area contributed by atoms with Gasteiger partial charge in [-0.05, 0) is 59.1 Å². The summed E-state index contributed by atoms with van der Waals surface area (Å²) >= 11 is 0. The topological polar surface area (TPSA) is 28.4 Å². The Kier molecular flexibility index (Phi) is 3.68. The van der Waals surface area contributed by atoms with Crippen molar-refractivity contribution in [1.29, 1.82) is 0 Å². The van der Waals surface area contributed by atoms with E-state index in [4.69, 9.17) is 4.42 Å². The molecular formula is C16H26N2O. The first-order valence-electron chi connectivity index (χ1n) is 7.70. The van der Waals surface area contributed by atoms with Crippen LogP contribution in [0.5, 0.6) is 0 Å². The van der Waals surface area contributed by atoms with Crippen LogP contribution in [0.1, 0.15) is 55.7 Å². The van der Waals surface area contributed by atoms with Gasteiger partial charge in [-0.1, -0.05) is 0 Å². The lowest BCUT2D eigenvalue weighted by Gasteiger charge is -2.37. The van der Waals surface area contributed by atoms with E-state index in [1.54, 1.807) is 0 Å². The van der Waals surface area contributed by atoms with Crippen LogP contribution in [0.25, 0.3) is 0 Å². The molecule has 0 aromatic carbocycles. The van der Waals surface area contributed by atoms with Gasteiger partial charge < -0.3 is 9.73 Å². The molecule has 1 N–H and O–H groups in total. The van der Waals surface area contributed by atoms with E-state index in [0.717, 1.165) is 17.6 Å². The summed E-state index contributed by atoms with van der Waals surface area (Å²) in [5, 5.41) is 3.78. The highest BCUT2D eigenvalue weighted by molar-refractivity contribution is 5.23. The van der Waals surface area contributed by atoms with Crippen molar-refractivity contribution in [3.8, 4) is 0 Å². The van der Waals surface area contributed by atoms with E-state index in [9.17, 15) is 0 Å². The normalized spacial score (nSPS) is 26.6.